The van der Waals surface area contributed by atoms with Crippen LogP contribution in [0.15, 0.2) is 0 Å². The quantitative estimate of drug-likeness (QED) is 0.542. The highest BCUT2D eigenvalue weighted by Gasteiger charge is 2.14. The normalized spacial score (nSPS) is 10.2. The molecule has 0 rings (SSSR count). The molecule has 0 aliphatic heterocycles. The summed E-state index contributed by atoms with van der Waals surface area (Å²) in [5.74, 6) is 5.40. The smallest absolute Gasteiger partial charge is 0.297 e. The standard InChI is InChI=1S/C8H11O4P/c1-2-3-4-5-6-8(9)7-12-13(10)11/h2,5-7H2,1H3/p+1. The fraction of sp³-hybridized carbons (Fsp3) is 0.625. The van der Waals surface area contributed by atoms with E-state index in [0.717, 1.165) is 6.42 Å². The molecule has 0 aliphatic rings. The Morgan fingerprint density at radius 1 is 1.54 bits per heavy atom. The Labute approximate surface area is 78.2 Å². The highest BCUT2D eigenvalue weighted by molar-refractivity contribution is 7.32. The van der Waals surface area contributed by atoms with E-state index in [1.54, 1.807) is 0 Å². The summed E-state index contributed by atoms with van der Waals surface area (Å²) in [5.41, 5.74) is 0. The maximum absolute atomic E-state index is 10.9. The van der Waals surface area contributed by atoms with Crippen LogP contribution in [-0.4, -0.2) is 17.3 Å². The van der Waals surface area contributed by atoms with Gasteiger partial charge in [0.25, 0.3) is 0 Å². The molecule has 0 saturated heterocycles. The van der Waals surface area contributed by atoms with Crippen LogP contribution < -0.4 is 0 Å². The van der Waals surface area contributed by atoms with Gasteiger partial charge >= 0.3 is 8.25 Å². The second kappa shape index (κ2) is 7.88. The monoisotopic (exact) mass is 203 g/mol. The average molecular weight is 203 g/mol. The molecule has 0 radical (unpaired) electrons. The Kier molecular flexibility index (Phi) is 7.42. The number of rotatable bonds is 5. The van der Waals surface area contributed by atoms with Gasteiger partial charge in [-0.25, -0.2) is 0 Å². The fourth-order valence-corrected chi connectivity index (χ4v) is 0.869. The van der Waals surface area contributed by atoms with Gasteiger partial charge in [0, 0.05) is 23.8 Å². The molecule has 0 spiro atoms. The molecule has 1 atom stereocenters. The van der Waals surface area contributed by atoms with Crippen molar-refractivity contribution in [3.8, 4) is 11.8 Å². The van der Waals surface area contributed by atoms with Gasteiger partial charge in [-0.3, -0.25) is 4.79 Å². The summed E-state index contributed by atoms with van der Waals surface area (Å²) >= 11 is 0. The number of carbonyl (C=O) groups excluding carboxylic acids is 1. The number of carbonyl (C=O) groups is 1. The van der Waals surface area contributed by atoms with Crippen LogP contribution in [0.4, 0.5) is 0 Å². The third-order valence-corrected chi connectivity index (χ3v) is 1.52. The maximum Gasteiger partial charge on any atom is 0.695 e. The summed E-state index contributed by atoms with van der Waals surface area (Å²) in [6.45, 7) is 1.62. The summed E-state index contributed by atoms with van der Waals surface area (Å²) in [4.78, 5) is 19.1. The summed E-state index contributed by atoms with van der Waals surface area (Å²) < 4.78 is 14.3. The van der Waals surface area contributed by atoms with E-state index in [0.29, 0.717) is 6.42 Å². The molecule has 0 saturated carbocycles. The third kappa shape index (κ3) is 9.16. The first-order valence-electron chi connectivity index (χ1n) is 3.93. The molecule has 5 heteroatoms. The molecule has 0 aromatic rings. The van der Waals surface area contributed by atoms with E-state index in [-0.39, 0.29) is 18.8 Å². The zero-order valence-corrected chi connectivity index (χ0v) is 8.34. The number of ketones is 1. The highest BCUT2D eigenvalue weighted by atomic mass is 31.1. The topological polar surface area (TPSA) is 63.6 Å². The second-order valence-electron chi connectivity index (χ2n) is 2.26. The Balaban J connectivity index is 3.46. The first kappa shape index (κ1) is 12.2. The molecule has 0 amide bonds. The first-order valence-corrected chi connectivity index (χ1v) is 5.06. The van der Waals surface area contributed by atoms with Crippen LogP contribution in [0.25, 0.3) is 0 Å². The van der Waals surface area contributed by atoms with Crippen molar-refractivity contribution in [1.29, 1.82) is 0 Å². The average Bonchev–Trinajstić information content (AvgIpc) is 2.09. The van der Waals surface area contributed by atoms with Gasteiger partial charge in [0.05, 0.1) is 0 Å². The van der Waals surface area contributed by atoms with E-state index >= 15 is 0 Å². The van der Waals surface area contributed by atoms with E-state index in [2.05, 4.69) is 16.4 Å². The molecule has 1 unspecified atom stereocenters. The van der Waals surface area contributed by atoms with E-state index in [1.807, 2.05) is 6.92 Å². The van der Waals surface area contributed by atoms with Crippen LogP contribution in [0.1, 0.15) is 26.2 Å². The third-order valence-electron chi connectivity index (χ3n) is 1.17. The summed E-state index contributed by atoms with van der Waals surface area (Å²) in [6, 6.07) is 0. The molecule has 0 bridgehead atoms. The molecular formula is C8H12O4P+. The molecule has 0 aromatic carbocycles. The van der Waals surface area contributed by atoms with Gasteiger partial charge in [0.1, 0.15) is 0 Å². The van der Waals surface area contributed by atoms with Gasteiger partial charge in [-0.1, -0.05) is 6.92 Å². The number of hydrogen-bond acceptors (Lipinski definition) is 3. The minimum absolute atomic E-state index is 0.206. The van der Waals surface area contributed by atoms with Crippen molar-refractivity contribution in [2.24, 2.45) is 0 Å². The van der Waals surface area contributed by atoms with Gasteiger partial charge in [0.15, 0.2) is 12.4 Å². The summed E-state index contributed by atoms with van der Waals surface area (Å²) in [7, 11) is -2.66. The van der Waals surface area contributed by atoms with Gasteiger partial charge < -0.3 is 0 Å². The van der Waals surface area contributed by atoms with Crippen LogP contribution in [0.2, 0.25) is 0 Å². The van der Waals surface area contributed by atoms with Gasteiger partial charge in [-0.05, 0) is 0 Å². The predicted molar refractivity (Wildman–Crippen MR) is 48.1 cm³/mol. The number of Topliss-reactive ketones (excluding diaryl/α,β-unsaturated/α-hetero) is 1. The summed E-state index contributed by atoms with van der Waals surface area (Å²) in [6.07, 6.45) is 1.53. The van der Waals surface area contributed by atoms with Crippen LogP contribution in [0.5, 0.6) is 0 Å². The predicted octanol–water partition coefficient (Wildman–Crippen LogP) is 1.42. The Hall–Kier alpha value is -0.750. The molecule has 1 N–H and O–H groups in total. The molecule has 4 nitrogen and oxygen atoms in total. The van der Waals surface area contributed by atoms with Crippen molar-refractivity contribution in [2.45, 2.75) is 26.2 Å². The maximum atomic E-state index is 10.9. The lowest BCUT2D eigenvalue weighted by molar-refractivity contribution is -0.121. The number of hydrogen-bond donors (Lipinski definition) is 1. The Bertz CT molecular complexity index is 238. The van der Waals surface area contributed by atoms with Gasteiger partial charge in [-0.15, -0.1) is 21.3 Å². The SMILES string of the molecule is CCC#CCCC(=O)CO[P+](=O)O. The lowest BCUT2D eigenvalue weighted by Crippen LogP contribution is -2.04. The zero-order valence-electron chi connectivity index (χ0n) is 7.45. The molecule has 0 aromatic heterocycles. The van der Waals surface area contributed by atoms with E-state index in [4.69, 9.17) is 4.89 Å². The zero-order chi connectivity index (χ0) is 10.1. The van der Waals surface area contributed by atoms with Crippen molar-refractivity contribution in [3.05, 3.63) is 0 Å². The van der Waals surface area contributed by atoms with E-state index in [1.165, 1.54) is 0 Å². The molecular weight excluding hydrogens is 191 g/mol. The van der Waals surface area contributed by atoms with Crippen LogP contribution in [-0.2, 0) is 13.9 Å². The minimum Gasteiger partial charge on any atom is -0.297 e. The van der Waals surface area contributed by atoms with Crippen LogP contribution >= 0.6 is 8.25 Å². The van der Waals surface area contributed by atoms with E-state index < -0.39 is 8.25 Å². The van der Waals surface area contributed by atoms with E-state index in [9.17, 15) is 9.36 Å². The second-order valence-corrected chi connectivity index (χ2v) is 2.99. The van der Waals surface area contributed by atoms with Crippen LogP contribution in [0, 0.1) is 11.8 Å². The fourth-order valence-electron chi connectivity index (χ4n) is 0.615. The highest BCUT2D eigenvalue weighted by Crippen LogP contribution is 2.13. The molecule has 0 fully saturated rings. The molecule has 72 valence electrons. The van der Waals surface area contributed by atoms with Crippen molar-refractivity contribution in [3.63, 3.8) is 0 Å². The lowest BCUT2D eigenvalue weighted by Gasteiger charge is -1.89. The molecule has 0 aliphatic carbocycles. The lowest BCUT2D eigenvalue weighted by atomic mass is 10.2. The van der Waals surface area contributed by atoms with Crippen molar-refractivity contribution in [2.75, 3.05) is 6.61 Å². The largest absolute Gasteiger partial charge is 0.695 e. The van der Waals surface area contributed by atoms with Crippen molar-refractivity contribution < 1.29 is 18.8 Å². The first-order chi connectivity index (χ1) is 6.16. The van der Waals surface area contributed by atoms with Gasteiger partial charge in [0.2, 0.25) is 0 Å². The minimum atomic E-state index is -2.66. The Morgan fingerprint density at radius 3 is 2.77 bits per heavy atom. The van der Waals surface area contributed by atoms with Crippen molar-refractivity contribution >= 4 is 14.0 Å². The Morgan fingerprint density at radius 2 is 2.23 bits per heavy atom. The van der Waals surface area contributed by atoms with Crippen LogP contribution in [0.3, 0.4) is 0 Å². The van der Waals surface area contributed by atoms with Gasteiger partial charge in [-0.2, -0.15) is 0 Å². The molecule has 0 heterocycles. The summed E-state index contributed by atoms with van der Waals surface area (Å²) in [5, 5.41) is 0. The molecule has 13 heavy (non-hydrogen) atoms. The van der Waals surface area contributed by atoms with Crippen molar-refractivity contribution in [1.82, 2.24) is 0 Å².